The topological polar surface area (TPSA) is 64.6 Å². The molecule has 2 aromatic rings. The summed E-state index contributed by atoms with van der Waals surface area (Å²) in [7, 11) is -2.22. The summed E-state index contributed by atoms with van der Waals surface area (Å²) in [5.74, 6) is 1.33. The van der Waals surface area contributed by atoms with E-state index in [-0.39, 0.29) is 16.5 Å². The lowest BCUT2D eigenvalue weighted by atomic mass is 10.3. The van der Waals surface area contributed by atoms with Crippen molar-refractivity contribution in [3.05, 3.63) is 52.5 Å². The average Bonchev–Trinajstić information content (AvgIpc) is 2.55. The van der Waals surface area contributed by atoms with Crippen LogP contribution in [0.25, 0.3) is 0 Å². The molecule has 1 unspecified atom stereocenters. The standard InChI is InChI=1S/C16H17Cl2NO4S/c1-11(10-23-14-6-4-13(22-2)5-7-14)19-24(20,21)16-9-12(17)3-8-15(16)18/h3-9,11,19H,10H2,1-2H3. The molecular formula is C16H17Cl2NO4S. The third-order valence-corrected chi connectivity index (χ3v) is 5.40. The summed E-state index contributed by atoms with van der Waals surface area (Å²) in [5, 5.41) is 0.400. The zero-order valence-electron chi connectivity index (χ0n) is 13.1. The highest BCUT2D eigenvalue weighted by Crippen LogP contribution is 2.25. The number of ether oxygens (including phenoxy) is 2. The molecule has 1 N–H and O–H groups in total. The van der Waals surface area contributed by atoms with Crippen LogP contribution in [0.15, 0.2) is 47.4 Å². The molecule has 0 aromatic heterocycles. The molecule has 0 saturated carbocycles. The second-order valence-electron chi connectivity index (χ2n) is 5.08. The third kappa shape index (κ3) is 5.01. The number of sulfonamides is 1. The first-order valence-electron chi connectivity index (χ1n) is 7.06. The lowest BCUT2D eigenvalue weighted by Gasteiger charge is -2.16. The van der Waals surface area contributed by atoms with E-state index in [4.69, 9.17) is 32.7 Å². The van der Waals surface area contributed by atoms with Crippen molar-refractivity contribution in [2.75, 3.05) is 13.7 Å². The molecular weight excluding hydrogens is 373 g/mol. The van der Waals surface area contributed by atoms with E-state index in [0.29, 0.717) is 16.5 Å². The maximum absolute atomic E-state index is 12.4. The molecule has 2 aromatic carbocycles. The van der Waals surface area contributed by atoms with Gasteiger partial charge in [0.1, 0.15) is 23.0 Å². The van der Waals surface area contributed by atoms with E-state index in [2.05, 4.69) is 4.72 Å². The summed E-state index contributed by atoms with van der Waals surface area (Å²) in [6.45, 7) is 1.85. The summed E-state index contributed by atoms with van der Waals surface area (Å²) < 4.78 is 37.9. The van der Waals surface area contributed by atoms with E-state index in [1.807, 2.05) is 0 Å². The minimum atomic E-state index is -3.79. The van der Waals surface area contributed by atoms with E-state index < -0.39 is 16.1 Å². The predicted molar refractivity (Wildman–Crippen MR) is 94.7 cm³/mol. The number of hydrogen-bond acceptors (Lipinski definition) is 4. The number of nitrogens with one attached hydrogen (secondary N) is 1. The van der Waals surface area contributed by atoms with E-state index >= 15 is 0 Å². The third-order valence-electron chi connectivity index (χ3n) is 3.10. The Labute approximate surface area is 151 Å². The van der Waals surface area contributed by atoms with E-state index in [9.17, 15) is 8.42 Å². The van der Waals surface area contributed by atoms with Gasteiger partial charge in [0.05, 0.1) is 18.2 Å². The Kier molecular flexibility index (Phi) is 6.34. The van der Waals surface area contributed by atoms with Crippen molar-refractivity contribution in [3.8, 4) is 11.5 Å². The van der Waals surface area contributed by atoms with Crippen LogP contribution in [0.3, 0.4) is 0 Å². The average molecular weight is 390 g/mol. The predicted octanol–water partition coefficient (Wildman–Crippen LogP) is 3.75. The van der Waals surface area contributed by atoms with Crippen molar-refractivity contribution in [2.24, 2.45) is 0 Å². The van der Waals surface area contributed by atoms with Crippen LogP contribution in [0.2, 0.25) is 10.0 Å². The number of rotatable bonds is 7. The Balaban J connectivity index is 2.00. The maximum Gasteiger partial charge on any atom is 0.242 e. The van der Waals surface area contributed by atoms with E-state index in [1.165, 1.54) is 18.2 Å². The normalized spacial score (nSPS) is 12.7. The zero-order chi connectivity index (χ0) is 17.7. The molecule has 0 fully saturated rings. The molecule has 2 rings (SSSR count). The van der Waals surface area contributed by atoms with E-state index in [1.54, 1.807) is 38.3 Å². The van der Waals surface area contributed by atoms with Gasteiger partial charge >= 0.3 is 0 Å². The molecule has 0 bridgehead atoms. The smallest absolute Gasteiger partial charge is 0.242 e. The maximum atomic E-state index is 12.4. The van der Waals surface area contributed by atoms with Gasteiger partial charge in [-0.3, -0.25) is 0 Å². The van der Waals surface area contributed by atoms with Crippen molar-refractivity contribution < 1.29 is 17.9 Å². The van der Waals surface area contributed by atoms with Crippen molar-refractivity contribution in [3.63, 3.8) is 0 Å². The fourth-order valence-electron chi connectivity index (χ4n) is 1.94. The number of halogens is 2. The van der Waals surface area contributed by atoms with Gasteiger partial charge in [-0.05, 0) is 49.4 Å². The highest BCUT2D eigenvalue weighted by Gasteiger charge is 2.21. The van der Waals surface area contributed by atoms with Crippen LogP contribution >= 0.6 is 23.2 Å². The molecule has 8 heteroatoms. The fraction of sp³-hybridized carbons (Fsp3) is 0.250. The molecule has 0 spiro atoms. The lowest BCUT2D eigenvalue weighted by molar-refractivity contribution is 0.287. The van der Waals surface area contributed by atoms with Crippen molar-refractivity contribution in [2.45, 2.75) is 17.9 Å². The first-order valence-corrected chi connectivity index (χ1v) is 9.30. The van der Waals surface area contributed by atoms with Crippen LogP contribution in [0, 0.1) is 0 Å². The lowest BCUT2D eigenvalue weighted by Crippen LogP contribution is -2.36. The number of hydrogen-bond donors (Lipinski definition) is 1. The van der Waals surface area contributed by atoms with Gasteiger partial charge in [-0.25, -0.2) is 13.1 Å². The number of benzene rings is 2. The summed E-state index contributed by atoms with van der Waals surface area (Å²) >= 11 is 11.8. The Morgan fingerprint density at radius 3 is 2.33 bits per heavy atom. The number of methoxy groups -OCH3 is 1. The first kappa shape index (κ1) is 18.9. The molecule has 24 heavy (non-hydrogen) atoms. The van der Waals surface area contributed by atoms with Gasteiger partial charge in [-0.2, -0.15) is 0 Å². The minimum Gasteiger partial charge on any atom is -0.497 e. The van der Waals surface area contributed by atoms with Gasteiger partial charge in [0.15, 0.2) is 0 Å². The van der Waals surface area contributed by atoms with Crippen molar-refractivity contribution in [1.82, 2.24) is 4.72 Å². The van der Waals surface area contributed by atoms with Crippen LogP contribution in [-0.2, 0) is 10.0 Å². The van der Waals surface area contributed by atoms with Gasteiger partial charge < -0.3 is 9.47 Å². The van der Waals surface area contributed by atoms with Crippen LogP contribution in [0.5, 0.6) is 11.5 Å². The highest BCUT2D eigenvalue weighted by molar-refractivity contribution is 7.89. The van der Waals surface area contributed by atoms with Gasteiger partial charge in [0.2, 0.25) is 10.0 Å². The summed E-state index contributed by atoms with van der Waals surface area (Å²) in [6.07, 6.45) is 0. The molecule has 5 nitrogen and oxygen atoms in total. The van der Waals surface area contributed by atoms with Crippen LogP contribution in [0.1, 0.15) is 6.92 Å². The second-order valence-corrected chi connectivity index (χ2v) is 7.61. The van der Waals surface area contributed by atoms with Crippen molar-refractivity contribution >= 4 is 33.2 Å². The molecule has 0 amide bonds. The Morgan fingerprint density at radius 1 is 1.08 bits per heavy atom. The minimum absolute atomic E-state index is 0.0621. The molecule has 0 radical (unpaired) electrons. The van der Waals surface area contributed by atoms with Gasteiger partial charge in [-0.1, -0.05) is 23.2 Å². The second kappa shape index (κ2) is 8.07. The zero-order valence-corrected chi connectivity index (χ0v) is 15.5. The molecule has 0 aliphatic heterocycles. The Hall–Kier alpha value is -1.47. The molecule has 130 valence electrons. The summed E-state index contributed by atoms with van der Waals surface area (Å²) in [6, 6.07) is 10.8. The molecule has 0 aliphatic carbocycles. The van der Waals surface area contributed by atoms with Crippen LogP contribution in [0.4, 0.5) is 0 Å². The van der Waals surface area contributed by atoms with Crippen LogP contribution < -0.4 is 14.2 Å². The van der Waals surface area contributed by atoms with E-state index in [0.717, 1.165) is 0 Å². The van der Waals surface area contributed by atoms with Crippen LogP contribution in [-0.4, -0.2) is 28.2 Å². The first-order chi connectivity index (χ1) is 11.3. The summed E-state index contributed by atoms with van der Waals surface area (Å²) in [5.41, 5.74) is 0. The van der Waals surface area contributed by atoms with Gasteiger partial charge in [0.25, 0.3) is 0 Å². The highest BCUT2D eigenvalue weighted by atomic mass is 35.5. The van der Waals surface area contributed by atoms with Crippen molar-refractivity contribution in [1.29, 1.82) is 0 Å². The summed E-state index contributed by atoms with van der Waals surface area (Å²) in [4.78, 5) is -0.0621. The quantitative estimate of drug-likeness (QED) is 0.782. The molecule has 0 aliphatic rings. The molecule has 0 saturated heterocycles. The SMILES string of the molecule is COc1ccc(OCC(C)NS(=O)(=O)c2cc(Cl)ccc2Cl)cc1. The Bertz CT molecular complexity index is 794. The monoisotopic (exact) mass is 389 g/mol. The molecule has 1 atom stereocenters. The molecule has 0 heterocycles. The fourth-order valence-corrected chi connectivity index (χ4v) is 3.93. The Morgan fingerprint density at radius 2 is 1.71 bits per heavy atom. The van der Waals surface area contributed by atoms with Gasteiger partial charge in [0, 0.05) is 5.02 Å². The largest absolute Gasteiger partial charge is 0.497 e. The van der Waals surface area contributed by atoms with Gasteiger partial charge in [-0.15, -0.1) is 0 Å².